The molecule has 0 radical (unpaired) electrons. The fourth-order valence-electron chi connectivity index (χ4n) is 0.310. The molecule has 0 aliphatic rings. The van der Waals surface area contributed by atoms with Gasteiger partial charge in [-0.05, 0) is 0 Å². The molecular weight excluding hydrogens is 138 g/mol. The Morgan fingerprint density at radius 1 is 2.00 bits per heavy atom. The van der Waals surface area contributed by atoms with Gasteiger partial charge in [0.15, 0.2) is 0 Å². The normalized spacial score (nSPS) is 16.9. The van der Waals surface area contributed by atoms with Crippen LogP contribution in [0.1, 0.15) is 22.5 Å². The molecule has 5 nitrogen and oxygen atoms in total. The molecule has 0 heterocycles. The molecule has 0 amide bonds. The van der Waals surface area contributed by atoms with Crippen LogP contribution in [0.3, 0.4) is 0 Å². The summed E-state index contributed by atoms with van der Waals surface area (Å²) in [6, 6.07) is -1.51. The van der Waals surface area contributed by atoms with Gasteiger partial charge in [-0.2, -0.15) is 0 Å². The lowest BCUT2D eigenvalue weighted by atomic mass is 10.2. The van der Waals surface area contributed by atoms with E-state index in [4.69, 9.17) is 7.85 Å². The maximum atomic E-state index is 10.1. The number of rotatable bonds is 4. The van der Waals surface area contributed by atoms with Gasteiger partial charge in [-0.15, -0.1) is 0 Å². The highest BCUT2D eigenvalue weighted by Crippen LogP contribution is 1.98. The maximum Gasteiger partial charge on any atom is 0.303 e. The van der Waals surface area contributed by atoms with Crippen LogP contribution in [-0.4, -0.2) is 22.0 Å². The highest BCUT2D eigenvalue weighted by atomic mass is 16.6. The van der Waals surface area contributed by atoms with Gasteiger partial charge in [-0.25, -0.2) is 0 Å². The topological polar surface area (TPSA) is 80.4 Å². The van der Waals surface area contributed by atoms with Crippen molar-refractivity contribution in [2.45, 2.75) is 25.8 Å². The summed E-state index contributed by atoms with van der Waals surface area (Å²) in [5.74, 6) is -1.38. The van der Waals surface area contributed by atoms with Gasteiger partial charge < -0.3 is 5.11 Å². The Labute approximate surface area is 60.6 Å². The standard InChI is InChI=1S/C5H9NO4/c1-4(6(9)10)2-3-5(7)8/h4H,2-3H2,1H3,(H,7,8)/i2D2. The van der Waals surface area contributed by atoms with E-state index in [0.717, 1.165) is 6.92 Å². The first-order valence-electron chi connectivity index (χ1n) is 3.62. The Balaban J connectivity index is 4.38. The smallest absolute Gasteiger partial charge is 0.303 e. The van der Waals surface area contributed by atoms with E-state index in [1.165, 1.54) is 0 Å². The summed E-state index contributed by atoms with van der Waals surface area (Å²) < 4.78 is 14.1. The predicted octanol–water partition coefficient (Wildman–Crippen LogP) is 0.516. The molecule has 0 aromatic carbocycles. The van der Waals surface area contributed by atoms with Crippen molar-refractivity contribution in [3.05, 3.63) is 10.1 Å². The molecule has 10 heavy (non-hydrogen) atoms. The summed E-state index contributed by atoms with van der Waals surface area (Å²) in [5.41, 5.74) is 0. The molecule has 5 heteroatoms. The van der Waals surface area contributed by atoms with E-state index in [1.54, 1.807) is 0 Å². The minimum absolute atomic E-state index is 0.830. The second-order valence-electron chi connectivity index (χ2n) is 1.74. The van der Waals surface area contributed by atoms with E-state index in [1.807, 2.05) is 0 Å². The van der Waals surface area contributed by atoms with Gasteiger partial charge in [0, 0.05) is 21.0 Å². The second kappa shape index (κ2) is 3.81. The van der Waals surface area contributed by atoms with Crippen molar-refractivity contribution in [2.24, 2.45) is 0 Å². The van der Waals surface area contributed by atoms with Gasteiger partial charge in [0.1, 0.15) is 0 Å². The minimum atomic E-state index is -2.30. The fourth-order valence-corrected chi connectivity index (χ4v) is 0.310. The molecule has 0 aromatic rings. The molecule has 0 aliphatic heterocycles. The Bertz CT molecular complexity index is 206. The number of nitro groups is 1. The van der Waals surface area contributed by atoms with Gasteiger partial charge in [0.2, 0.25) is 6.04 Å². The van der Waals surface area contributed by atoms with Crippen molar-refractivity contribution in [1.29, 1.82) is 0 Å². The molecule has 0 spiro atoms. The molecule has 0 fully saturated rings. The van der Waals surface area contributed by atoms with Crippen molar-refractivity contribution < 1.29 is 17.6 Å². The third kappa shape index (κ3) is 3.82. The molecule has 1 unspecified atom stereocenters. The minimum Gasteiger partial charge on any atom is -0.481 e. The summed E-state index contributed by atoms with van der Waals surface area (Å²) in [7, 11) is 0. The monoisotopic (exact) mass is 149 g/mol. The lowest BCUT2D eigenvalue weighted by molar-refractivity contribution is -0.518. The Morgan fingerprint density at radius 3 is 2.80 bits per heavy atom. The van der Waals surface area contributed by atoms with Crippen molar-refractivity contribution >= 4 is 5.97 Å². The van der Waals surface area contributed by atoms with E-state index >= 15 is 0 Å². The molecular formula is C5H9NO4. The third-order valence-corrected chi connectivity index (χ3v) is 0.865. The zero-order valence-electron chi connectivity index (χ0n) is 7.40. The van der Waals surface area contributed by atoms with Crippen molar-refractivity contribution in [1.82, 2.24) is 0 Å². The van der Waals surface area contributed by atoms with Crippen LogP contribution in [0.2, 0.25) is 0 Å². The summed E-state index contributed by atoms with van der Waals surface area (Å²) in [5, 5.41) is 18.3. The quantitative estimate of drug-likeness (QED) is 0.466. The molecule has 1 atom stereocenters. The number of carboxylic acids is 1. The summed E-state index contributed by atoms with van der Waals surface area (Å²) in [6.45, 7) is 1.04. The molecule has 0 aliphatic carbocycles. The summed E-state index contributed by atoms with van der Waals surface area (Å²) in [6.07, 6.45) is -3.15. The molecule has 0 aromatic heterocycles. The number of carbonyl (C=O) groups is 1. The van der Waals surface area contributed by atoms with E-state index in [9.17, 15) is 14.9 Å². The third-order valence-electron chi connectivity index (χ3n) is 0.865. The molecule has 1 N–H and O–H groups in total. The van der Waals surface area contributed by atoms with Gasteiger partial charge in [0.25, 0.3) is 0 Å². The van der Waals surface area contributed by atoms with E-state index in [-0.39, 0.29) is 0 Å². The lowest BCUT2D eigenvalue weighted by Crippen LogP contribution is -2.16. The van der Waals surface area contributed by atoms with Crippen LogP contribution >= 0.6 is 0 Å². The second-order valence-corrected chi connectivity index (χ2v) is 1.74. The Kier molecular flexibility index (Phi) is 2.15. The first-order valence-corrected chi connectivity index (χ1v) is 2.62. The van der Waals surface area contributed by atoms with Gasteiger partial charge >= 0.3 is 5.97 Å². The van der Waals surface area contributed by atoms with Gasteiger partial charge in [-0.3, -0.25) is 14.9 Å². The first-order chi connectivity index (χ1) is 5.27. The van der Waals surface area contributed by atoms with Crippen LogP contribution in [-0.2, 0) is 4.79 Å². The zero-order valence-corrected chi connectivity index (χ0v) is 5.40. The average Bonchev–Trinajstić information content (AvgIpc) is 1.82. The van der Waals surface area contributed by atoms with Crippen LogP contribution in [0.15, 0.2) is 0 Å². The highest BCUT2D eigenvalue weighted by molar-refractivity contribution is 5.66. The van der Waals surface area contributed by atoms with E-state index < -0.39 is 29.7 Å². The summed E-state index contributed by atoms with van der Waals surface area (Å²) in [4.78, 5) is 19.3. The number of aliphatic carboxylic acids is 1. The first kappa shape index (κ1) is 5.64. The van der Waals surface area contributed by atoms with Crippen molar-refractivity contribution in [2.75, 3.05) is 0 Å². The van der Waals surface area contributed by atoms with Crippen LogP contribution in [0.4, 0.5) is 0 Å². The zero-order chi connectivity index (χ0) is 9.94. The van der Waals surface area contributed by atoms with Gasteiger partial charge in [0.05, 0.1) is 6.42 Å². The average molecular weight is 149 g/mol. The van der Waals surface area contributed by atoms with E-state index in [0.29, 0.717) is 0 Å². The number of nitrogens with zero attached hydrogens (tertiary/aromatic N) is 1. The van der Waals surface area contributed by atoms with Gasteiger partial charge in [-0.1, -0.05) is 0 Å². The lowest BCUT2D eigenvalue weighted by Gasteiger charge is -1.98. The van der Waals surface area contributed by atoms with Crippen LogP contribution in [0.25, 0.3) is 0 Å². The van der Waals surface area contributed by atoms with Crippen molar-refractivity contribution in [3.63, 3.8) is 0 Å². The number of hydrogen-bond donors (Lipinski definition) is 1. The Hall–Kier alpha value is -1.13. The number of carboxylic acid groups (broad SMARTS) is 1. The molecule has 0 bridgehead atoms. The van der Waals surface area contributed by atoms with Crippen molar-refractivity contribution in [3.8, 4) is 0 Å². The molecule has 0 saturated carbocycles. The summed E-state index contributed by atoms with van der Waals surface area (Å²) >= 11 is 0. The molecule has 0 rings (SSSR count). The molecule has 0 saturated heterocycles. The maximum absolute atomic E-state index is 10.1. The van der Waals surface area contributed by atoms with Crippen LogP contribution in [0.5, 0.6) is 0 Å². The largest absolute Gasteiger partial charge is 0.481 e. The SMILES string of the molecule is [2H]C([2H])(CC(=O)O)C(C)[N+](=O)[O-]. The highest BCUT2D eigenvalue weighted by Gasteiger charge is 2.13. The van der Waals surface area contributed by atoms with Crippen LogP contribution in [0, 0.1) is 10.1 Å². The van der Waals surface area contributed by atoms with Crippen LogP contribution < -0.4 is 0 Å². The van der Waals surface area contributed by atoms with E-state index in [2.05, 4.69) is 0 Å². The fraction of sp³-hybridized carbons (Fsp3) is 0.800. The Morgan fingerprint density at radius 2 is 2.50 bits per heavy atom. The molecule has 58 valence electrons. The predicted molar refractivity (Wildman–Crippen MR) is 33.3 cm³/mol. The number of hydrogen-bond acceptors (Lipinski definition) is 3.